The fourth-order valence-electron chi connectivity index (χ4n) is 2.91. The molecule has 112 valence electrons. The molecule has 1 aliphatic rings. The smallest absolute Gasteiger partial charge is 0.0434 e. The highest BCUT2D eigenvalue weighted by molar-refractivity contribution is 7.85. The second-order valence-corrected chi connectivity index (χ2v) is 7.88. The Labute approximate surface area is 125 Å². The average Bonchev–Trinajstić information content (AvgIpc) is 2.99. The van der Waals surface area contributed by atoms with Crippen LogP contribution in [0.5, 0.6) is 0 Å². The Morgan fingerprint density at radius 1 is 1.15 bits per heavy atom. The average molecular weight is 293 g/mol. The Hall–Kier alpha value is -0.670. The van der Waals surface area contributed by atoms with Gasteiger partial charge in [0.15, 0.2) is 0 Å². The van der Waals surface area contributed by atoms with E-state index in [4.69, 9.17) is 0 Å². The second-order valence-electron chi connectivity index (χ2n) is 6.12. The van der Waals surface area contributed by atoms with E-state index in [1.807, 2.05) is 7.05 Å². The predicted octanol–water partition coefficient (Wildman–Crippen LogP) is 3.76. The van der Waals surface area contributed by atoms with Crippen LogP contribution < -0.4 is 5.32 Å². The van der Waals surface area contributed by atoms with Crippen LogP contribution in [0.15, 0.2) is 24.3 Å². The summed E-state index contributed by atoms with van der Waals surface area (Å²) in [6.07, 6.45) is 4.80. The van der Waals surface area contributed by atoms with Gasteiger partial charge < -0.3 is 5.32 Å². The molecule has 0 aliphatic heterocycles. The molecule has 2 atom stereocenters. The summed E-state index contributed by atoms with van der Waals surface area (Å²) in [4.78, 5) is 0. The van der Waals surface area contributed by atoms with E-state index in [1.54, 1.807) is 0 Å². The SMILES string of the molecule is CNC(CS(=O)C1CCCC1)c1ccc(C(C)C)cc1. The largest absolute Gasteiger partial charge is 0.312 e. The molecule has 1 N–H and O–H groups in total. The van der Waals surface area contributed by atoms with Gasteiger partial charge >= 0.3 is 0 Å². The van der Waals surface area contributed by atoms with Gasteiger partial charge in [-0.1, -0.05) is 51.0 Å². The summed E-state index contributed by atoms with van der Waals surface area (Å²) in [6.45, 7) is 4.42. The first-order valence-corrected chi connectivity index (χ1v) is 9.14. The van der Waals surface area contributed by atoms with E-state index in [9.17, 15) is 4.21 Å². The van der Waals surface area contributed by atoms with Crippen molar-refractivity contribution in [3.05, 3.63) is 35.4 Å². The maximum absolute atomic E-state index is 12.4. The van der Waals surface area contributed by atoms with Crippen LogP contribution in [0, 0.1) is 0 Å². The van der Waals surface area contributed by atoms with Crippen LogP contribution in [0.3, 0.4) is 0 Å². The molecule has 0 saturated heterocycles. The predicted molar refractivity (Wildman–Crippen MR) is 87.6 cm³/mol. The first kappa shape index (κ1) is 15.7. The van der Waals surface area contributed by atoms with Gasteiger partial charge in [0, 0.05) is 27.8 Å². The molecule has 1 saturated carbocycles. The molecule has 2 unspecified atom stereocenters. The molecular formula is C17H27NOS. The molecule has 1 fully saturated rings. The molecule has 20 heavy (non-hydrogen) atoms. The third kappa shape index (κ3) is 3.92. The standard InChI is InChI=1S/C17H27NOS/c1-13(2)14-8-10-15(11-9-14)17(18-3)12-20(19)16-6-4-5-7-16/h8-11,13,16-18H,4-7,12H2,1-3H3. The van der Waals surface area contributed by atoms with Crippen molar-refractivity contribution in [3.63, 3.8) is 0 Å². The van der Waals surface area contributed by atoms with Gasteiger partial charge in [-0.15, -0.1) is 0 Å². The van der Waals surface area contributed by atoms with Gasteiger partial charge in [0.25, 0.3) is 0 Å². The van der Waals surface area contributed by atoms with E-state index in [0.29, 0.717) is 11.2 Å². The zero-order valence-corrected chi connectivity index (χ0v) is 13.7. The summed E-state index contributed by atoms with van der Waals surface area (Å²) in [7, 11) is 1.26. The molecule has 1 aromatic rings. The van der Waals surface area contributed by atoms with E-state index < -0.39 is 10.8 Å². The lowest BCUT2D eigenvalue weighted by molar-refractivity contribution is 0.626. The van der Waals surface area contributed by atoms with Gasteiger partial charge in [-0.2, -0.15) is 0 Å². The van der Waals surface area contributed by atoms with Crippen LogP contribution in [-0.4, -0.2) is 22.3 Å². The first-order chi connectivity index (χ1) is 9.61. The summed E-state index contributed by atoms with van der Waals surface area (Å²) in [5.74, 6) is 1.30. The van der Waals surface area contributed by atoms with Crippen LogP contribution in [0.4, 0.5) is 0 Å². The highest BCUT2D eigenvalue weighted by atomic mass is 32.2. The third-order valence-corrected chi connectivity index (χ3v) is 6.24. The van der Waals surface area contributed by atoms with E-state index in [0.717, 1.165) is 18.6 Å². The first-order valence-electron chi connectivity index (χ1n) is 7.76. The minimum absolute atomic E-state index is 0.206. The van der Waals surface area contributed by atoms with Crippen LogP contribution in [-0.2, 0) is 10.8 Å². The Bertz CT molecular complexity index is 435. The van der Waals surface area contributed by atoms with E-state index >= 15 is 0 Å². The van der Waals surface area contributed by atoms with Crippen LogP contribution >= 0.6 is 0 Å². The molecule has 2 rings (SSSR count). The maximum atomic E-state index is 12.4. The van der Waals surface area contributed by atoms with Crippen molar-refractivity contribution in [1.82, 2.24) is 5.32 Å². The second kappa shape index (κ2) is 7.37. The summed E-state index contributed by atoms with van der Waals surface area (Å²) < 4.78 is 12.4. The lowest BCUT2D eigenvalue weighted by Crippen LogP contribution is -2.26. The van der Waals surface area contributed by atoms with E-state index in [-0.39, 0.29) is 6.04 Å². The zero-order valence-electron chi connectivity index (χ0n) is 12.9. The minimum atomic E-state index is -0.702. The van der Waals surface area contributed by atoms with E-state index in [2.05, 4.69) is 43.4 Å². The summed E-state index contributed by atoms with van der Waals surface area (Å²) in [5.41, 5.74) is 2.61. The normalized spacial score (nSPS) is 19.4. The molecule has 0 radical (unpaired) electrons. The molecule has 0 heterocycles. The van der Waals surface area contributed by atoms with Gasteiger partial charge in [-0.3, -0.25) is 4.21 Å². The lowest BCUT2D eigenvalue weighted by Gasteiger charge is -2.19. The van der Waals surface area contributed by atoms with Crippen molar-refractivity contribution in [3.8, 4) is 0 Å². The minimum Gasteiger partial charge on any atom is -0.312 e. The van der Waals surface area contributed by atoms with Crippen LogP contribution in [0.1, 0.15) is 62.6 Å². The molecule has 2 nitrogen and oxygen atoms in total. The van der Waals surface area contributed by atoms with Crippen molar-refractivity contribution in [2.45, 2.75) is 56.7 Å². The number of hydrogen-bond acceptors (Lipinski definition) is 2. The highest BCUT2D eigenvalue weighted by Crippen LogP contribution is 2.26. The molecule has 0 spiro atoms. The Balaban J connectivity index is 2.01. The lowest BCUT2D eigenvalue weighted by atomic mass is 10.00. The zero-order chi connectivity index (χ0) is 14.5. The summed E-state index contributed by atoms with van der Waals surface area (Å²) >= 11 is 0. The van der Waals surface area contributed by atoms with Gasteiger partial charge in [0.2, 0.25) is 0 Å². The van der Waals surface area contributed by atoms with Crippen molar-refractivity contribution >= 4 is 10.8 Å². The van der Waals surface area contributed by atoms with Crippen LogP contribution in [0.25, 0.3) is 0 Å². The van der Waals surface area contributed by atoms with Crippen molar-refractivity contribution in [1.29, 1.82) is 0 Å². The topological polar surface area (TPSA) is 29.1 Å². The fraction of sp³-hybridized carbons (Fsp3) is 0.647. The highest BCUT2D eigenvalue weighted by Gasteiger charge is 2.24. The number of hydrogen-bond donors (Lipinski definition) is 1. The summed E-state index contributed by atoms with van der Waals surface area (Å²) in [5, 5.41) is 3.76. The number of benzene rings is 1. The summed E-state index contributed by atoms with van der Waals surface area (Å²) in [6, 6.07) is 8.97. The van der Waals surface area contributed by atoms with Gasteiger partial charge in [0.05, 0.1) is 0 Å². The van der Waals surface area contributed by atoms with Gasteiger partial charge in [0.1, 0.15) is 0 Å². The van der Waals surface area contributed by atoms with E-state index in [1.165, 1.54) is 24.0 Å². The van der Waals surface area contributed by atoms with Gasteiger partial charge in [-0.25, -0.2) is 0 Å². The number of rotatable bonds is 6. The maximum Gasteiger partial charge on any atom is 0.0434 e. The Kier molecular flexibility index (Phi) is 5.79. The Morgan fingerprint density at radius 3 is 2.20 bits per heavy atom. The third-order valence-electron chi connectivity index (χ3n) is 4.36. The molecule has 1 aliphatic carbocycles. The quantitative estimate of drug-likeness (QED) is 0.865. The molecule has 0 bridgehead atoms. The number of nitrogens with one attached hydrogen (secondary N) is 1. The fourth-order valence-corrected chi connectivity index (χ4v) is 4.73. The molecule has 3 heteroatoms. The Morgan fingerprint density at radius 2 is 1.70 bits per heavy atom. The monoisotopic (exact) mass is 293 g/mol. The molecule has 1 aromatic carbocycles. The molecule has 0 aromatic heterocycles. The van der Waals surface area contributed by atoms with Crippen molar-refractivity contribution in [2.24, 2.45) is 0 Å². The van der Waals surface area contributed by atoms with Crippen molar-refractivity contribution < 1.29 is 4.21 Å². The molecular weight excluding hydrogens is 266 g/mol. The van der Waals surface area contributed by atoms with Crippen molar-refractivity contribution in [2.75, 3.05) is 12.8 Å². The molecule has 0 amide bonds. The van der Waals surface area contributed by atoms with Gasteiger partial charge in [-0.05, 0) is 36.9 Å². The van der Waals surface area contributed by atoms with Crippen LogP contribution in [0.2, 0.25) is 0 Å².